The average molecular weight is 503 g/mol. The molecule has 8 N–H and O–H groups in total. The van der Waals surface area contributed by atoms with Crippen molar-refractivity contribution in [2.75, 3.05) is 0 Å². The maximum absolute atomic E-state index is 13.0. The van der Waals surface area contributed by atoms with Gasteiger partial charge in [0, 0.05) is 18.3 Å². The van der Waals surface area contributed by atoms with Gasteiger partial charge in [-0.2, -0.15) is 0 Å². The molecule has 5 atom stereocenters. The Kier molecular flexibility index (Phi) is 10.4. The number of rotatable bonds is 13. The maximum atomic E-state index is 13.0. The minimum Gasteiger partial charge on any atom is -0.508 e. The summed E-state index contributed by atoms with van der Waals surface area (Å²) in [5.41, 5.74) is 7.25. The van der Waals surface area contributed by atoms with E-state index in [-0.39, 0.29) is 24.5 Å². The second kappa shape index (κ2) is 13.2. The number of H-pyrrole nitrogens is 1. The SMILES string of the molecule is CCC(C)C(NC(=O)C(Cc1cnc[nH]1)NC(=O)C(C)NC(=O)C(N)Cc1ccc(O)cc1)C(=O)O. The van der Waals surface area contributed by atoms with Gasteiger partial charge >= 0.3 is 5.97 Å². The van der Waals surface area contributed by atoms with Gasteiger partial charge in [-0.05, 0) is 37.0 Å². The van der Waals surface area contributed by atoms with Crippen LogP contribution in [0.25, 0.3) is 0 Å². The molecular weight excluding hydrogens is 468 g/mol. The number of carboxylic acid groups (broad SMARTS) is 1. The van der Waals surface area contributed by atoms with Gasteiger partial charge in [0.1, 0.15) is 23.9 Å². The van der Waals surface area contributed by atoms with Gasteiger partial charge in [-0.25, -0.2) is 9.78 Å². The lowest BCUT2D eigenvalue weighted by atomic mass is 9.98. The number of benzene rings is 1. The Balaban J connectivity index is 2.04. The van der Waals surface area contributed by atoms with Crippen molar-refractivity contribution in [3.8, 4) is 5.75 Å². The highest BCUT2D eigenvalue weighted by Crippen LogP contribution is 2.11. The summed E-state index contributed by atoms with van der Waals surface area (Å²) >= 11 is 0. The number of carbonyl (C=O) groups is 4. The largest absolute Gasteiger partial charge is 0.508 e. The summed E-state index contributed by atoms with van der Waals surface area (Å²) in [6.07, 6.45) is 3.66. The third kappa shape index (κ3) is 8.38. The molecule has 0 aliphatic carbocycles. The minimum absolute atomic E-state index is 0.0332. The number of nitrogens with one attached hydrogen (secondary N) is 4. The Morgan fingerprint density at radius 2 is 1.67 bits per heavy atom. The Hall–Kier alpha value is -3.93. The smallest absolute Gasteiger partial charge is 0.326 e. The van der Waals surface area contributed by atoms with Crippen molar-refractivity contribution in [1.29, 1.82) is 0 Å². The summed E-state index contributed by atoms with van der Waals surface area (Å²) < 4.78 is 0. The van der Waals surface area contributed by atoms with E-state index in [0.29, 0.717) is 12.1 Å². The molecule has 36 heavy (non-hydrogen) atoms. The van der Waals surface area contributed by atoms with Crippen LogP contribution in [0.2, 0.25) is 0 Å². The highest BCUT2D eigenvalue weighted by Gasteiger charge is 2.31. The molecule has 1 heterocycles. The van der Waals surface area contributed by atoms with E-state index in [9.17, 15) is 29.4 Å². The Bertz CT molecular complexity index is 1030. The van der Waals surface area contributed by atoms with Crippen LogP contribution in [0.4, 0.5) is 0 Å². The molecule has 196 valence electrons. The van der Waals surface area contributed by atoms with Crippen molar-refractivity contribution in [1.82, 2.24) is 25.9 Å². The van der Waals surface area contributed by atoms with Crippen molar-refractivity contribution >= 4 is 23.7 Å². The molecule has 5 unspecified atom stereocenters. The number of nitrogens with zero attached hydrogens (tertiary/aromatic N) is 1. The summed E-state index contributed by atoms with van der Waals surface area (Å²) in [5.74, 6) is -3.29. The topological polar surface area (TPSA) is 200 Å². The van der Waals surface area contributed by atoms with E-state index in [2.05, 4.69) is 25.9 Å². The van der Waals surface area contributed by atoms with Crippen molar-refractivity contribution in [2.45, 2.75) is 64.2 Å². The average Bonchev–Trinajstić information content (AvgIpc) is 3.35. The maximum Gasteiger partial charge on any atom is 0.326 e. The highest BCUT2D eigenvalue weighted by atomic mass is 16.4. The zero-order chi connectivity index (χ0) is 26.8. The molecule has 0 aliphatic heterocycles. The van der Waals surface area contributed by atoms with Crippen LogP contribution in [-0.2, 0) is 32.0 Å². The first kappa shape index (κ1) is 28.3. The number of hydrogen-bond donors (Lipinski definition) is 7. The number of nitrogens with two attached hydrogens (primary N) is 1. The molecule has 3 amide bonds. The van der Waals surface area contributed by atoms with Gasteiger partial charge in [0.2, 0.25) is 17.7 Å². The molecular formula is C24H34N6O6. The zero-order valence-electron chi connectivity index (χ0n) is 20.5. The molecule has 12 heteroatoms. The van der Waals surface area contributed by atoms with E-state index >= 15 is 0 Å². The molecule has 0 saturated carbocycles. The molecule has 1 aromatic heterocycles. The summed E-state index contributed by atoms with van der Waals surface area (Å²) in [6.45, 7) is 4.97. The van der Waals surface area contributed by atoms with Gasteiger partial charge in [0.15, 0.2) is 0 Å². The van der Waals surface area contributed by atoms with Crippen LogP contribution in [0.1, 0.15) is 38.4 Å². The standard InChI is InChI=1S/C24H34N6O6/c1-4-13(2)20(24(35)36)30-23(34)19(10-16-11-26-12-27-16)29-21(32)14(3)28-22(33)18(25)9-15-5-7-17(31)8-6-15/h5-8,11-14,18-20,31H,4,9-10,25H2,1-3H3,(H,26,27)(H,28,33)(H,29,32)(H,30,34)(H,35,36). The normalized spacial score (nSPS) is 15.1. The number of amides is 3. The Morgan fingerprint density at radius 3 is 2.22 bits per heavy atom. The number of phenolic OH excluding ortho intramolecular Hbond substituents is 1. The summed E-state index contributed by atoms with van der Waals surface area (Å²) in [6, 6.07) is 2.04. The van der Waals surface area contributed by atoms with Crippen LogP contribution in [-0.4, -0.2) is 68.0 Å². The third-order valence-corrected chi connectivity index (χ3v) is 5.87. The molecule has 0 aliphatic rings. The lowest BCUT2D eigenvalue weighted by molar-refractivity contribution is -0.143. The molecule has 0 radical (unpaired) electrons. The number of carboxylic acids is 1. The lowest BCUT2D eigenvalue weighted by Gasteiger charge is -2.25. The quantitative estimate of drug-likeness (QED) is 0.196. The first-order chi connectivity index (χ1) is 17.0. The van der Waals surface area contributed by atoms with Gasteiger partial charge in [-0.15, -0.1) is 0 Å². The molecule has 0 spiro atoms. The van der Waals surface area contributed by atoms with Crippen LogP contribution >= 0.6 is 0 Å². The fourth-order valence-corrected chi connectivity index (χ4v) is 3.42. The number of aromatic amines is 1. The zero-order valence-corrected chi connectivity index (χ0v) is 20.5. The first-order valence-corrected chi connectivity index (χ1v) is 11.7. The Morgan fingerprint density at radius 1 is 1.00 bits per heavy atom. The third-order valence-electron chi connectivity index (χ3n) is 5.87. The number of aromatic nitrogens is 2. The van der Waals surface area contributed by atoms with Gasteiger partial charge in [0.05, 0.1) is 12.4 Å². The molecule has 0 fully saturated rings. The molecule has 1 aromatic carbocycles. The van der Waals surface area contributed by atoms with E-state index in [1.807, 2.05) is 6.92 Å². The monoisotopic (exact) mass is 502 g/mol. The van der Waals surface area contributed by atoms with E-state index in [0.717, 1.165) is 5.56 Å². The fourth-order valence-electron chi connectivity index (χ4n) is 3.42. The number of carbonyl (C=O) groups excluding carboxylic acids is 3. The van der Waals surface area contributed by atoms with Crippen LogP contribution in [0.3, 0.4) is 0 Å². The summed E-state index contributed by atoms with van der Waals surface area (Å²) in [5, 5.41) is 26.5. The van der Waals surface area contributed by atoms with Crippen molar-refractivity contribution in [3.05, 3.63) is 48.0 Å². The summed E-state index contributed by atoms with van der Waals surface area (Å²) in [4.78, 5) is 56.7. The minimum atomic E-state index is -1.17. The van der Waals surface area contributed by atoms with E-state index in [1.165, 1.54) is 31.6 Å². The predicted octanol–water partition coefficient (Wildman–Crippen LogP) is -0.167. The fraction of sp³-hybridized carbons (Fsp3) is 0.458. The second-order valence-corrected chi connectivity index (χ2v) is 8.76. The second-order valence-electron chi connectivity index (χ2n) is 8.76. The van der Waals surface area contributed by atoms with Crippen molar-refractivity contribution < 1.29 is 29.4 Å². The number of phenols is 1. The van der Waals surface area contributed by atoms with Crippen molar-refractivity contribution in [3.63, 3.8) is 0 Å². The van der Waals surface area contributed by atoms with Gasteiger partial charge < -0.3 is 36.9 Å². The van der Waals surface area contributed by atoms with E-state index in [4.69, 9.17) is 5.73 Å². The Labute approximate surface area is 209 Å². The summed E-state index contributed by atoms with van der Waals surface area (Å²) in [7, 11) is 0. The van der Waals surface area contributed by atoms with Crippen LogP contribution in [0.15, 0.2) is 36.8 Å². The number of aromatic hydroxyl groups is 1. The molecule has 0 bridgehead atoms. The number of imidazole rings is 1. The molecule has 12 nitrogen and oxygen atoms in total. The van der Waals surface area contributed by atoms with Gasteiger partial charge in [0.25, 0.3) is 0 Å². The predicted molar refractivity (Wildman–Crippen MR) is 131 cm³/mol. The number of hydrogen-bond acceptors (Lipinski definition) is 7. The first-order valence-electron chi connectivity index (χ1n) is 11.7. The van der Waals surface area contributed by atoms with Gasteiger partial charge in [-0.1, -0.05) is 32.4 Å². The van der Waals surface area contributed by atoms with E-state index in [1.54, 1.807) is 19.1 Å². The molecule has 2 aromatic rings. The number of aliphatic carboxylic acids is 1. The molecule has 2 rings (SSSR count). The van der Waals surface area contributed by atoms with Crippen LogP contribution in [0, 0.1) is 5.92 Å². The van der Waals surface area contributed by atoms with Crippen molar-refractivity contribution in [2.24, 2.45) is 11.7 Å². The molecule has 0 saturated heterocycles. The van der Waals surface area contributed by atoms with E-state index < -0.39 is 47.9 Å². The lowest BCUT2D eigenvalue weighted by Crippen LogP contribution is -2.57. The van der Waals surface area contributed by atoms with Crippen LogP contribution in [0.5, 0.6) is 5.75 Å². The van der Waals surface area contributed by atoms with Crippen LogP contribution < -0.4 is 21.7 Å². The highest BCUT2D eigenvalue weighted by molar-refractivity contribution is 5.94. The van der Waals surface area contributed by atoms with Gasteiger partial charge in [-0.3, -0.25) is 14.4 Å².